The molecule has 5 aromatic carbocycles. The zero-order chi connectivity index (χ0) is 30.2. The topological polar surface area (TPSA) is 9.23 Å². The lowest BCUT2D eigenvalue weighted by Crippen LogP contribution is -2.74. The standard InChI is InChI=1S/C24H20B.C15H25OP/c1-5-13-21(14-6-1)25(22-15-7-2-8-16-22,23-17-9-3-10-18-23)24-19-11-4-12-20-24;1-14(2,3)17(15(4,5)6)13-10-8-12(16-7)9-11-13/h1-20H;8-11H,1-7H3/q-1;/p+1. The molecule has 0 unspecified atom stereocenters. The first kappa shape index (κ1) is 31.3. The maximum absolute atomic E-state index is 5.23. The van der Waals surface area contributed by atoms with Crippen molar-refractivity contribution < 1.29 is 4.74 Å². The van der Waals surface area contributed by atoms with Crippen LogP contribution in [-0.2, 0) is 0 Å². The van der Waals surface area contributed by atoms with Crippen molar-refractivity contribution in [1.82, 2.24) is 0 Å². The summed E-state index contributed by atoms with van der Waals surface area (Å²) in [5.74, 6) is 0.943. The van der Waals surface area contributed by atoms with Gasteiger partial charge in [0.1, 0.15) is 11.9 Å². The summed E-state index contributed by atoms with van der Waals surface area (Å²) in [6.07, 6.45) is -1.22. The van der Waals surface area contributed by atoms with Crippen molar-refractivity contribution in [3.63, 3.8) is 0 Å². The second kappa shape index (κ2) is 13.6. The van der Waals surface area contributed by atoms with Crippen molar-refractivity contribution in [2.24, 2.45) is 0 Å². The zero-order valence-electron chi connectivity index (χ0n) is 26.3. The molecule has 0 spiro atoms. The maximum atomic E-state index is 5.23. The van der Waals surface area contributed by atoms with Crippen molar-refractivity contribution in [3.05, 3.63) is 146 Å². The molecule has 1 nitrogen and oxygen atoms in total. The molecule has 0 heterocycles. The molecule has 0 fully saturated rings. The van der Waals surface area contributed by atoms with E-state index in [9.17, 15) is 0 Å². The number of rotatable bonds is 6. The Kier molecular flexibility index (Phi) is 10.1. The minimum Gasteiger partial charge on any atom is -0.497 e. The van der Waals surface area contributed by atoms with Gasteiger partial charge in [-0.25, -0.2) is 0 Å². The Morgan fingerprint density at radius 3 is 0.952 bits per heavy atom. The van der Waals surface area contributed by atoms with Crippen LogP contribution in [0.3, 0.4) is 0 Å². The van der Waals surface area contributed by atoms with Crippen LogP contribution >= 0.6 is 7.92 Å². The van der Waals surface area contributed by atoms with E-state index < -0.39 is 14.1 Å². The van der Waals surface area contributed by atoms with Crippen LogP contribution in [0.25, 0.3) is 0 Å². The fourth-order valence-corrected chi connectivity index (χ4v) is 11.4. The van der Waals surface area contributed by atoms with Gasteiger partial charge in [-0.05, 0) is 65.8 Å². The van der Waals surface area contributed by atoms with Crippen LogP contribution in [0.1, 0.15) is 41.5 Å². The highest BCUT2D eigenvalue weighted by Gasteiger charge is 2.43. The Bertz CT molecular complexity index is 1310. The second-order valence-electron chi connectivity index (χ2n) is 13.1. The van der Waals surface area contributed by atoms with Gasteiger partial charge in [-0.1, -0.05) is 121 Å². The van der Waals surface area contributed by atoms with Crippen LogP contribution in [0.4, 0.5) is 0 Å². The molecule has 5 rings (SSSR count). The molecule has 3 heteroatoms. The highest BCUT2D eigenvalue weighted by molar-refractivity contribution is 7.68. The van der Waals surface area contributed by atoms with Crippen molar-refractivity contribution in [2.75, 3.05) is 7.11 Å². The second-order valence-corrected chi connectivity index (χ2v) is 17.4. The van der Waals surface area contributed by atoms with Crippen LogP contribution in [-0.4, -0.2) is 23.6 Å². The fourth-order valence-electron chi connectivity index (χ4n) is 6.87. The minimum absolute atomic E-state index is 0.359. The van der Waals surface area contributed by atoms with Gasteiger partial charge in [0, 0.05) is 7.92 Å². The number of ether oxygens (including phenoxy) is 1. The molecule has 0 aliphatic rings. The van der Waals surface area contributed by atoms with Crippen LogP contribution in [0.2, 0.25) is 0 Å². The van der Waals surface area contributed by atoms with Crippen LogP contribution in [0.5, 0.6) is 5.75 Å². The Balaban J connectivity index is 0.000000209. The minimum atomic E-state index is -1.22. The predicted molar refractivity (Wildman–Crippen MR) is 191 cm³/mol. The summed E-state index contributed by atoms with van der Waals surface area (Å²) >= 11 is 0. The van der Waals surface area contributed by atoms with Crippen molar-refractivity contribution in [3.8, 4) is 5.75 Å². The van der Waals surface area contributed by atoms with Gasteiger partial charge in [0.2, 0.25) is 0 Å². The van der Waals surface area contributed by atoms with E-state index >= 15 is 0 Å². The summed E-state index contributed by atoms with van der Waals surface area (Å²) < 4.78 is 5.23. The number of hydrogen-bond donors (Lipinski definition) is 0. The molecule has 0 aromatic heterocycles. The first-order valence-electron chi connectivity index (χ1n) is 15.0. The fraction of sp³-hybridized carbons (Fsp3) is 0.231. The normalized spacial score (nSPS) is 11.9. The smallest absolute Gasteiger partial charge is 0.119 e. The van der Waals surface area contributed by atoms with E-state index in [1.54, 1.807) is 7.11 Å². The molecule has 0 bridgehead atoms. The molecule has 0 saturated heterocycles. The van der Waals surface area contributed by atoms with E-state index in [4.69, 9.17) is 4.74 Å². The van der Waals surface area contributed by atoms with Gasteiger partial charge in [-0.2, -0.15) is 21.9 Å². The Morgan fingerprint density at radius 2 is 0.714 bits per heavy atom. The van der Waals surface area contributed by atoms with Crippen LogP contribution in [0.15, 0.2) is 146 Å². The van der Waals surface area contributed by atoms with E-state index in [0.717, 1.165) is 5.75 Å². The summed E-state index contributed by atoms with van der Waals surface area (Å²) in [4.78, 5) is 0. The molecule has 216 valence electrons. The van der Waals surface area contributed by atoms with E-state index in [2.05, 4.69) is 187 Å². The molecule has 0 saturated carbocycles. The Morgan fingerprint density at radius 1 is 0.429 bits per heavy atom. The summed E-state index contributed by atoms with van der Waals surface area (Å²) in [5, 5.41) is 2.21. The maximum Gasteiger partial charge on any atom is 0.119 e. The molecular formula is C39H46BOP. The summed E-state index contributed by atoms with van der Waals surface area (Å²) in [6.45, 7) is 14.1. The van der Waals surface area contributed by atoms with Gasteiger partial charge in [-0.15, -0.1) is 0 Å². The lowest BCUT2D eigenvalue weighted by molar-refractivity contribution is 0.415. The van der Waals surface area contributed by atoms with Crippen molar-refractivity contribution in [1.29, 1.82) is 0 Å². The average Bonchev–Trinajstić information content (AvgIpc) is 2.99. The monoisotopic (exact) mass is 572 g/mol. The third-order valence-electron chi connectivity index (χ3n) is 8.08. The first-order valence-corrected chi connectivity index (χ1v) is 16.5. The van der Waals surface area contributed by atoms with E-state index in [-0.39, 0.29) is 0 Å². The van der Waals surface area contributed by atoms with Crippen molar-refractivity contribution in [2.45, 2.75) is 51.9 Å². The molecule has 0 aliphatic carbocycles. The summed E-state index contributed by atoms with van der Waals surface area (Å²) in [7, 11) is 1.08. The first-order chi connectivity index (χ1) is 20.1. The average molecular weight is 573 g/mol. The molecule has 0 amide bonds. The van der Waals surface area contributed by atoms with Crippen LogP contribution < -0.4 is 31.9 Å². The van der Waals surface area contributed by atoms with Gasteiger partial charge in [0.25, 0.3) is 0 Å². The van der Waals surface area contributed by atoms with E-state index in [1.165, 1.54) is 27.2 Å². The summed E-state index contributed by atoms with van der Waals surface area (Å²) in [6, 6.07) is 52.2. The zero-order valence-corrected chi connectivity index (χ0v) is 27.3. The number of benzene rings is 5. The predicted octanol–water partition coefficient (Wildman–Crippen LogP) is 7.20. The molecule has 0 radical (unpaired) electrons. The highest BCUT2D eigenvalue weighted by Crippen LogP contribution is 2.58. The van der Waals surface area contributed by atoms with Gasteiger partial charge < -0.3 is 4.74 Å². The lowest BCUT2D eigenvalue weighted by Gasteiger charge is -2.44. The Hall–Kier alpha value is -3.61. The molecular weight excluding hydrogens is 526 g/mol. The molecule has 5 aromatic rings. The molecule has 0 aliphatic heterocycles. The number of methoxy groups -OCH3 is 1. The number of hydrogen-bond acceptors (Lipinski definition) is 1. The van der Waals surface area contributed by atoms with E-state index in [0.29, 0.717) is 10.3 Å². The van der Waals surface area contributed by atoms with Gasteiger partial charge in [0.15, 0.2) is 0 Å². The van der Waals surface area contributed by atoms with Gasteiger partial charge in [-0.3, -0.25) is 0 Å². The Labute approximate surface area is 255 Å². The lowest BCUT2D eigenvalue weighted by atomic mass is 9.13. The molecule has 0 atom stereocenters. The summed E-state index contributed by atoms with van der Waals surface area (Å²) in [5.41, 5.74) is 5.36. The third-order valence-corrected chi connectivity index (χ3v) is 12.0. The molecule has 0 N–H and O–H groups in total. The van der Waals surface area contributed by atoms with Crippen molar-refractivity contribution >= 4 is 41.2 Å². The highest BCUT2D eigenvalue weighted by atomic mass is 31.1. The van der Waals surface area contributed by atoms with E-state index in [1.807, 2.05) is 0 Å². The third kappa shape index (κ3) is 7.05. The van der Waals surface area contributed by atoms with Crippen LogP contribution in [0, 0.1) is 0 Å². The molecule has 42 heavy (non-hydrogen) atoms. The van der Waals surface area contributed by atoms with Gasteiger partial charge >= 0.3 is 0 Å². The SMILES string of the molecule is COc1ccc([PH+](C(C)(C)C)C(C)(C)C)cc1.c1ccc([B-](c2ccccc2)(c2ccccc2)c2ccccc2)cc1. The largest absolute Gasteiger partial charge is 0.497 e. The van der Waals surface area contributed by atoms with Gasteiger partial charge in [0.05, 0.1) is 22.7 Å². The quantitative estimate of drug-likeness (QED) is 0.155.